The van der Waals surface area contributed by atoms with Crippen LogP contribution in [-0.4, -0.2) is 42.6 Å². The predicted molar refractivity (Wildman–Crippen MR) is 78.4 cm³/mol. The molecular formula is C15H20F3N3O. The molecule has 122 valence electrons. The van der Waals surface area contributed by atoms with E-state index in [4.69, 9.17) is 0 Å². The quantitative estimate of drug-likeness (QED) is 0.809. The van der Waals surface area contributed by atoms with Crippen LogP contribution < -0.4 is 10.2 Å². The number of halogens is 3. The first kappa shape index (κ1) is 16.5. The van der Waals surface area contributed by atoms with Crippen LogP contribution in [0, 0.1) is 17.5 Å². The van der Waals surface area contributed by atoms with E-state index in [-0.39, 0.29) is 17.3 Å². The Balaban J connectivity index is 2.01. The van der Waals surface area contributed by atoms with Gasteiger partial charge in [-0.1, -0.05) is 0 Å². The van der Waals surface area contributed by atoms with E-state index in [9.17, 15) is 18.0 Å². The van der Waals surface area contributed by atoms with Crippen LogP contribution >= 0.6 is 0 Å². The Morgan fingerprint density at radius 1 is 1.05 bits per heavy atom. The molecule has 1 heterocycles. The number of rotatable bonds is 1. The number of carbonyl (C=O) groups is 1. The predicted octanol–water partition coefficient (Wildman–Crippen LogP) is 2.73. The molecule has 1 saturated heterocycles. The lowest BCUT2D eigenvalue weighted by Gasteiger charge is -2.37. The number of hydrogen-bond acceptors (Lipinski definition) is 2. The number of hydrogen-bond donors (Lipinski definition) is 1. The summed E-state index contributed by atoms with van der Waals surface area (Å²) in [5.74, 6) is -3.86. The summed E-state index contributed by atoms with van der Waals surface area (Å²) < 4.78 is 40.0. The number of anilines is 1. The monoisotopic (exact) mass is 315 g/mol. The summed E-state index contributed by atoms with van der Waals surface area (Å²) in [7, 11) is 0. The van der Waals surface area contributed by atoms with E-state index >= 15 is 0 Å². The normalized spacial score (nSPS) is 15.9. The number of benzene rings is 1. The minimum absolute atomic E-state index is 0.0229. The molecule has 4 nitrogen and oxygen atoms in total. The fraction of sp³-hybridized carbons (Fsp3) is 0.533. The standard InChI is InChI=1S/C15H20F3N3O/c1-15(2,3)19-14(22)21-8-6-20(7-9-21)11-5-4-10(16)12(17)13(11)18/h4-5H,6-9H2,1-3H3,(H,19,22). The first-order valence-electron chi connectivity index (χ1n) is 7.14. The maximum absolute atomic E-state index is 13.8. The smallest absolute Gasteiger partial charge is 0.317 e. The molecule has 1 aromatic rings. The van der Waals surface area contributed by atoms with Gasteiger partial charge in [-0.15, -0.1) is 0 Å². The summed E-state index contributed by atoms with van der Waals surface area (Å²) in [5, 5.41) is 2.86. The number of urea groups is 1. The molecule has 1 aliphatic rings. The van der Waals surface area contributed by atoms with Crippen LogP contribution in [0.4, 0.5) is 23.7 Å². The van der Waals surface area contributed by atoms with Crippen molar-refractivity contribution in [3.8, 4) is 0 Å². The van der Waals surface area contributed by atoms with Crippen molar-refractivity contribution in [2.24, 2.45) is 0 Å². The van der Waals surface area contributed by atoms with Gasteiger partial charge in [0.15, 0.2) is 17.5 Å². The summed E-state index contributed by atoms with van der Waals surface area (Å²) in [5.41, 5.74) is -0.310. The lowest BCUT2D eigenvalue weighted by atomic mass is 10.1. The van der Waals surface area contributed by atoms with Crippen LogP contribution in [0.25, 0.3) is 0 Å². The molecule has 2 rings (SSSR count). The Labute approximate surface area is 127 Å². The van der Waals surface area contributed by atoms with E-state index in [1.807, 2.05) is 20.8 Å². The Kier molecular flexibility index (Phi) is 4.53. The minimum atomic E-state index is -1.47. The Morgan fingerprint density at radius 2 is 1.64 bits per heavy atom. The Hall–Kier alpha value is -1.92. The molecule has 0 aromatic heterocycles. The lowest BCUT2D eigenvalue weighted by molar-refractivity contribution is 0.185. The van der Waals surface area contributed by atoms with Crippen LogP contribution in [0.2, 0.25) is 0 Å². The molecular weight excluding hydrogens is 295 g/mol. The molecule has 0 spiro atoms. The lowest BCUT2D eigenvalue weighted by Crippen LogP contribution is -2.55. The zero-order chi connectivity index (χ0) is 16.5. The van der Waals surface area contributed by atoms with Crippen LogP contribution in [0.3, 0.4) is 0 Å². The molecule has 0 aliphatic carbocycles. The second-order valence-electron chi connectivity index (χ2n) is 6.35. The highest BCUT2D eigenvalue weighted by atomic mass is 19.2. The van der Waals surface area contributed by atoms with Crippen molar-refractivity contribution in [2.45, 2.75) is 26.3 Å². The second-order valence-corrected chi connectivity index (χ2v) is 6.35. The molecule has 0 unspecified atom stereocenters. The summed E-state index contributed by atoms with van der Waals surface area (Å²) in [6, 6.07) is 1.95. The molecule has 1 aliphatic heterocycles. The molecule has 1 aromatic carbocycles. The topological polar surface area (TPSA) is 35.6 Å². The zero-order valence-electron chi connectivity index (χ0n) is 12.9. The van der Waals surface area contributed by atoms with Crippen molar-refractivity contribution in [1.29, 1.82) is 0 Å². The number of carbonyl (C=O) groups excluding carboxylic acids is 1. The minimum Gasteiger partial charge on any atom is -0.366 e. The average molecular weight is 315 g/mol. The van der Waals surface area contributed by atoms with Gasteiger partial charge in [-0.3, -0.25) is 0 Å². The third-order valence-corrected chi connectivity index (χ3v) is 3.40. The van der Waals surface area contributed by atoms with Crippen LogP contribution in [-0.2, 0) is 0 Å². The number of nitrogens with one attached hydrogen (secondary N) is 1. The van der Waals surface area contributed by atoms with E-state index in [0.29, 0.717) is 26.2 Å². The van der Waals surface area contributed by atoms with Gasteiger partial charge in [-0.05, 0) is 32.9 Å². The molecule has 0 radical (unpaired) electrons. The summed E-state index contributed by atoms with van der Waals surface area (Å²) in [6.07, 6.45) is 0. The van der Waals surface area contributed by atoms with Gasteiger partial charge in [0.2, 0.25) is 0 Å². The zero-order valence-corrected chi connectivity index (χ0v) is 12.9. The largest absolute Gasteiger partial charge is 0.366 e. The Bertz CT molecular complexity index is 564. The van der Waals surface area contributed by atoms with E-state index in [1.165, 1.54) is 6.07 Å². The Morgan fingerprint density at radius 3 is 2.18 bits per heavy atom. The second kappa shape index (κ2) is 6.06. The average Bonchev–Trinajstić information content (AvgIpc) is 2.43. The van der Waals surface area contributed by atoms with Gasteiger partial charge in [-0.25, -0.2) is 18.0 Å². The molecule has 2 amide bonds. The number of nitrogens with zero attached hydrogens (tertiary/aromatic N) is 2. The van der Waals surface area contributed by atoms with Crippen LogP contribution in [0.15, 0.2) is 12.1 Å². The maximum Gasteiger partial charge on any atom is 0.317 e. The molecule has 7 heteroatoms. The molecule has 0 atom stereocenters. The number of amides is 2. The van der Waals surface area contributed by atoms with Gasteiger partial charge in [0.1, 0.15) is 0 Å². The van der Waals surface area contributed by atoms with E-state index in [1.54, 1.807) is 9.80 Å². The summed E-state index contributed by atoms with van der Waals surface area (Å²) in [6.45, 7) is 7.16. The third-order valence-electron chi connectivity index (χ3n) is 3.40. The van der Waals surface area contributed by atoms with Crippen molar-refractivity contribution >= 4 is 11.7 Å². The van der Waals surface area contributed by atoms with Crippen LogP contribution in [0.1, 0.15) is 20.8 Å². The van der Waals surface area contributed by atoms with Crippen molar-refractivity contribution in [1.82, 2.24) is 10.2 Å². The van der Waals surface area contributed by atoms with Crippen LogP contribution in [0.5, 0.6) is 0 Å². The fourth-order valence-corrected chi connectivity index (χ4v) is 2.31. The first-order valence-corrected chi connectivity index (χ1v) is 7.14. The first-order chi connectivity index (χ1) is 10.2. The van der Waals surface area contributed by atoms with Gasteiger partial charge in [0, 0.05) is 31.7 Å². The highest BCUT2D eigenvalue weighted by Crippen LogP contribution is 2.24. The van der Waals surface area contributed by atoms with Gasteiger partial charge < -0.3 is 15.1 Å². The summed E-state index contributed by atoms with van der Waals surface area (Å²) in [4.78, 5) is 15.3. The highest BCUT2D eigenvalue weighted by molar-refractivity contribution is 5.75. The number of piperazine rings is 1. The SMILES string of the molecule is CC(C)(C)NC(=O)N1CCN(c2ccc(F)c(F)c2F)CC1. The fourth-order valence-electron chi connectivity index (χ4n) is 2.31. The van der Waals surface area contributed by atoms with Crippen molar-refractivity contribution in [3.63, 3.8) is 0 Å². The maximum atomic E-state index is 13.8. The van der Waals surface area contributed by atoms with Gasteiger partial charge in [0.05, 0.1) is 5.69 Å². The molecule has 1 fully saturated rings. The third kappa shape index (κ3) is 3.64. The van der Waals surface area contributed by atoms with Crippen molar-refractivity contribution in [2.75, 3.05) is 31.1 Å². The van der Waals surface area contributed by atoms with E-state index in [0.717, 1.165) is 6.07 Å². The van der Waals surface area contributed by atoms with Crippen molar-refractivity contribution in [3.05, 3.63) is 29.6 Å². The van der Waals surface area contributed by atoms with Crippen molar-refractivity contribution < 1.29 is 18.0 Å². The highest BCUT2D eigenvalue weighted by Gasteiger charge is 2.26. The van der Waals surface area contributed by atoms with E-state index in [2.05, 4.69) is 5.32 Å². The summed E-state index contributed by atoms with van der Waals surface area (Å²) >= 11 is 0. The van der Waals surface area contributed by atoms with Gasteiger partial charge >= 0.3 is 6.03 Å². The molecule has 0 saturated carbocycles. The van der Waals surface area contributed by atoms with Gasteiger partial charge in [-0.2, -0.15) is 0 Å². The van der Waals surface area contributed by atoms with Gasteiger partial charge in [0.25, 0.3) is 0 Å². The van der Waals surface area contributed by atoms with E-state index < -0.39 is 17.5 Å². The molecule has 22 heavy (non-hydrogen) atoms. The molecule has 0 bridgehead atoms. The molecule has 1 N–H and O–H groups in total.